The number of nitrogens with zero attached hydrogens (tertiary/aromatic N) is 4. The third-order valence-electron chi connectivity index (χ3n) is 10.1. The average Bonchev–Trinajstić information content (AvgIpc) is 3.66. The molecule has 0 radical (unpaired) electrons. The van der Waals surface area contributed by atoms with Crippen LogP contribution in [0.15, 0.2) is 211 Å². The molecule has 0 saturated heterocycles. The zero-order valence-corrected chi connectivity index (χ0v) is 30.3. The van der Waals surface area contributed by atoms with Gasteiger partial charge in [0, 0.05) is 50.1 Å². The summed E-state index contributed by atoms with van der Waals surface area (Å²) in [6.07, 6.45) is 0. The molecule has 56 heavy (non-hydrogen) atoms. The van der Waals surface area contributed by atoms with Gasteiger partial charge in [-0.25, -0.2) is 15.0 Å². The fraction of sp³-hybridized carbons (Fsp3) is 0. The molecule has 0 bridgehead atoms. The van der Waals surface area contributed by atoms with E-state index in [9.17, 15) is 0 Å². The van der Waals surface area contributed by atoms with E-state index in [-0.39, 0.29) is 0 Å². The Hall–Kier alpha value is -7.63. The van der Waals surface area contributed by atoms with Crippen molar-refractivity contribution in [2.75, 3.05) is 4.90 Å². The Bertz CT molecular complexity index is 2870. The summed E-state index contributed by atoms with van der Waals surface area (Å²) in [6.45, 7) is 0. The number of furan rings is 1. The highest BCUT2D eigenvalue weighted by Gasteiger charge is 2.18. The second-order valence-corrected chi connectivity index (χ2v) is 13.7. The van der Waals surface area contributed by atoms with Gasteiger partial charge >= 0.3 is 0 Å². The smallest absolute Gasteiger partial charge is 0.164 e. The lowest BCUT2D eigenvalue weighted by molar-refractivity contribution is 0.670. The fourth-order valence-corrected chi connectivity index (χ4v) is 7.35. The minimum atomic E-state index is 0.591. The summed E-state index contributed by atoms with van der Waals surface area (Å²) in [5.41, 5.74) is 12.1. The molecule has 2 aromatic heterocycles. The molecule has 5 nitrogen and oxygen atoms in total. The van der Waals surface area contributed by atoms with Crippen LogP contribution in [0.5, 0.6) is 0 Å². The molecule has 264 valence electrons. The van der Waals surface area contributed by atoms with Crippen molar-refractivity contribution < 1.29 is 4.42 Å². The molecule has 0 spiro atoms. The first kappa shape index (κ1) is 33.0. The highest BCUT2D eigenvalue weighted by molar-refractivity contribution is 6.10. The van der Waals surface area contributed by atoms with Gasteiger partial charge in [0.15, 0.2) is 17.5 Å². The summed E-state index contributed by atoms with van der Waals surface area (Å²) in [7, 11) is 0. The van der Waals surface area contributed by atoms with E-state index in [1.165, 1.54) is 11.1 Å². The van der Waals surface area contributed by atoms with Crippen LogP contribution in [0.25, 0.3) is 78.4 Å². The van der Waals surface area contributed by atoms with Gasteiger partial charge in [-0.2, -0.15) is 0 Å². The maximum Gasteiger partial charge on any atom is 0.164 e. The van der Waals surface area contributed by atoms with Crippen LogP contribution >= 0.6 is 0 Å². The molecule has 0 aliphatic carbocycles. The van der Waals surface area contributed by atoms with Crippen molar-refractivity contribution in [3.63, 3.8) is 0 Å². The van der Waals surface area contributed by atoms with E-state index in [4.69, 9.17) is 19.4 Å². The van der Waals surface area contributed by atoms with Crippen molar-refractivity contribution in [2.24, 2.45) is 0 Å². The van der Waals surface area contributed by atoms with Crippen LogP contribution < -0.4 is 4.90 Å². The third-order valence-corrected chi connectivity index (χ3v) is 10.1. The summed E-state index contributed by atoms with van der Waals surface area (Å²) in [4.78, 5) is 17.0. The van der Waals surface area contributed by atoms with Crippen molar-refractivity contribution in [1.29, 1.82) is 0 Å². The average molecular weight is 719 g/mol. The largest absolute Gasteiger partial charge is 0.455 e. The molecule has 2 heterocycles. The first-order valence-electron chi connectivity index (χ1n) is 18.7. The topological polar surface area (TPSA) is 55.1 Å². The van der Waals surface area contributed by atoms with Crippen molar-refractivity contribution in [3.05, 3.63) is 206 Å². The van der Waals surface area contributed by atoms with Gasteiger partial charge < -0.3 is 9.32 Å². The lowest BCUT2D eigenvalue weighted by Gasteiger charge is -2.26. The van der Waals surface area contributed by atoms with Crippen LogP contribution in [0.2, 0.25) is 0 Å². The van der Waals surface area contributed by atoms with Crippen molar-refractivity contribution in [2.45, 2.75) is 0 Å². The van der Waals surface area contributed by atoms with Gasteiger partial charge in [-0.05, 0) is 65.2 Å². The van der Waals surface area contributed by atoms with E-state index in [0.717, 1.165) is 66.8 Å². The molecule has 0 atom stereocenters. The number of hydrogen-bond donors (Lipinski definition) is 0. The van der Waals surface area contributed by atoms with E-state index in [1.807, 2.05) is 78.9 Å². The Kier molecular flexibility index (Phi) is 8.43. The van der Waals surface area contributed by atoms with Crippen molar-refractivity contribution in [1.82, 2.24) is 15.0 Å². The van der Waals surface area contributed by atoms with Crippen LogP contribution in [0.1, 0.15) is 0 Å². The predicted octanol–water partition coefficient (Wildman–Crippen LogP) is 13.6. The van der Waals surface area contributed by atoms with Crippen LogP contribution in [0.3, 0.4) is 0 Å². The van der Waals surface area contributed by atoms with E-state index in [2.05, 4.69) is 132 Å². The van der Waals surface area contributed by atoms with Gasteiger partial charge in [-0.15, -0.1) is 0 Å². The molecule has 0 saturated carbocycles. The zero-order chi connectivity index (χ0) is 37.3. The van der Waals surface area contributed by atoms with Gasteiger partial charge in [0.2, 0.25) is 0 Å². The maximum atomic E-state index is 6.71. The van der Waals surface area contributed by atoms with Crippen LogP contribution in [0, 0.1) is 0 Å². The first-order chi connectivity index (χ1) is 27.7. The van der Waals surface area contributed by atoms with E-state index >= 15 is 0 Å². The third kappa shape index (κ3) is 6.27. The second kappa shape index (κ2) is 14.3. The molecule has 0 fully saturated rings. The van der Waals surface area contributed by atoms with Crippen LogP contribution in [0.4, 0.5) is 17.1 Å². The molecule has 0 aliphatic rings. The Labute approximate surface area is 324 Å². The second-order valence-electron chi connectivity index (χ2n) is 13.7. The minimum absolute atomic E-state index is 0.591. The van der Waals surface area contributed by atoms with Gasteiger partial charge in [-0.3, -0.25) is 0 Å². The van der Waals surface area contributed by atoms with Gasteiger partial charge in [0.1, 0.15) is 11.2 Å². The maximum absolute atomic E-state index is 6.71. The summed E-state index contributed by atoms with van der Waals surface area (Å²) < 4.78 is 6.71. The van der Waals surface area contributed by atoms with Crippen molar-refractivity contribution >= 4 is 39.0 Å². The lowest BCUT2D eigenvalue weighted by Crippen LogP contribution is -2.09. The minimum Gasteiger partial charge on any atom is -0.455 e. The van der Waals surface area contributed by atoms with E-state index < -0.39 is 0 Å². The van der Waals surface area contributed by atoms with E-state index in [1.54, 1.807) is 0 Å². The molecule has 0 N–H and O–H groups in total. The molecule has 0 aliphatic heterocycles. The van der Waals surface area contributed by atoms with Crippen LogP contribution in [-0.4, -0.2) is 15.0 Å². The molecule has 0 amide bonds. The lowest BCUT2D eigenvalue weighted by atomic mass is 10.0. The standard InChI is InChI=1S/C51H34N4O/c1-5-14-35(15-6-1)36-24-29-42(30-25-36)55(41-20-11-4-12-21-41)43-31-26-37(27-32-43)44-22-13-23-46-45-33-28-40(34-47(45)56-48(44)46)51-53-49(38-16-7-2-8-17-38)52-50(54-51)39-18-9-3-10-19-39/h1-34H. The first-order valence-corrected chi connectivity index (χ1v) is 18.7. The number of aromatic nitrogens is 3. The Balaban J connectivity index is 1.01. The Morgan fingerprint density at radius 3 is 1.34 bits per heavy atom. The monoisotopic (exact) mass is 718 g/mol. The molecular formula is C51H34N4O. The Morgan fingerprint density at radius 2 is 0.768 bits per heavy atom. The number of fused-ring (bicyclic) bond motifs is 3. The van der Waals surface area contributed by atoms with Gasteiger partial charge in [0.25, 0.3) is 0 Å². The van der Waals surface area contributed by atoms with Gasteiger partial charge in [-0.1, -0.05) is 158 Å². The molecule has 10 aromatic rings. The van der Waals surface area contributed by atoms with Gasteiger partial charge in [0.05, 0.1) is 0 Å². The number of hydrogen-bond acceptors (Lipinski definition) is 5. The number of benzene rings is 8. The fourth-order valence-electron chi connectivity index (χ4n) is 7.35. The SMILES string of the molecule is c1ccc(-c2ccc(N(c3ccccc3)c3ccc(-c4cccc5c4oc4cc(-c6nc(-c7ccccc7)nc(-c7ccccc7)n6)ccc45)cc3)cc2)cc1. The van der Waals surface area contributed by atoms with Crippen LogP contribution in [-0.2, 0) is 0 Å². The summed E-state index contributed by atoms with van der Waals surface area (Å²) in [5, 5.41) is 2.10. The van der Waals surface area contributed by atoms with Crippen molar-refractivity contribution in [3.8, 4) is 56.4 Å². The molecule has 5 heteroatoms. The Morgan fingerprint density at radius 1 is 0.321 bits per heavy atom. The number of anilines is 3. The molecule has 10 rings (SSSR count). The molecule has 8 aromatic carbocycles. The van der Waals surface area contributed by atoms with E-state index in [0.29, 0.717) is 17.5 Å². The number of para-hydroxylation sites is 2. The highest BCUT2D eigenvalue weighted by Crippen LogP contribution is 2.40. The summed E-state index contributed by atoms with van der Waals surface area (Å²) in [5.74, 6) is 1.84. The summed E-state index contributed by atoms with van der Waals surface area (Å²) in [6, 6.07) is 71.1. The molecule has 0 unspecified atom stereocenters. The quantitative estimate of drug-likeness (QED) is 0.157. The normalized spacial score (nSPS) is 11.2. The molecular weight excluding hydrogens is 685 g/mol. The highest BCUT2D eigenvalue weighted by atomic mass is 16.3. The zero-order valence-electron chi connectivity index (χ0n) is 30.3. The predicted molar refractivity (Wildman–Crippen MR) is 229 cm³/mol. The number of rotatable bonds is 8. The summed E-state index contributed by atoms with van der Waals surface area (Å²) >= 11 is 0.